The number of hydrogen-bond acceptors (Lipinski definition) is 12. The first-order valence-electron chi connectivity index (χ1n) is 11.9. The van der Waals surface area contributed by atoms with E-state index in [4.69, 9.17) is 33.2 Å². The molecule has 38 heavy (non-hydrogen) atoms. The highest BCUT2D eigenvalue weighted by Crippen LogP contribution is 2.30. The van der Waals surface area contributed by atoms with Gasteiger partial charge in [0, 0.05) is 13.3 Å². The van der Waals surface area contributed by atoms with Crippen molar-refractivity contribution in [3.63, 3.8) is 0 Å². The zero-order valence-electron chi connectivity index (χ0n) is 22.6. The van der Waals surface area contributed by atoms with Crippen molar-refractivity contribution in [2.24, 2.45) is 0 Å². The molecule has 0 spiro atoms. The predicted molar refractivity (Wildman–Crippen MR) is 131 cm³/mol. The molecule has 13 heteroatoms. The van der Waals surface area contributed by atoms with E-state index in [2.05, 4.69) is 5.32 Å². The molecule has 0 unspecified atom stereocenters. The van der Waals surface area contributed by atoms with Gasteiger partial charge in [0.15, 0.2) is 11.5 Å². The van der Waals surface area contributed by atoms with Gasteiger partial charge in [0.25, 0.3) is 0 Å². The Hall–Kier alpha value is -4.03. The molecule has 2 atom stereocenters. The Morgan fingerprint density at radius 1 is 0.895 bits per heavy atom. The SMILES string of the molecule is CCOC(=O)Oc1ccc(C[C@H](NC(=O)OC(C)(C)C)C(=O)O[C@H](C)COC(C)=O)cc1OC(=O)OCC. The summed E-state index contributed by atoms with van der Waals surface area (Å²) in [4.78, 5) is 60.1. The summed E-state index contributed by atoms with van der Waals surface area (Å²) in [5, 5.41) is 2.45. The fourth-order valence-electron chi connectivity index (χ4n) is 2.75. The summed E-state index contributed by atoms with van der Waals surface area (Å²) in [5.74, 6) is -1.72. The standard InChI is InChI=1S/C25H35NO12/c1-8-32-23(30)36-19-11-10-17(13-20(19)37-24(31)33-9-2)12-18(26-22(29)38-25(5,6)7)21(28)35-15(3)14-34-16(4)27/h10-11,13,15,18H,8-9,12,14H2,1-7H3,(H,26,29)/t15-,18+/m1/s1. The van der Waals surface area contributed by atoms with Gasteiger partial charge in [0.1, 0.15) is 24.4 Å². The molecule has 0 heterocycles. The second-order valence-electron chi connectivity index (χ2n) is 8.80. The molecule has 1 rings (SSSR count). The van der Waals surface area contributed by atoms with Crippen molar-refractivity contribution in [2.45, 2.75) is 72.6 Å². The first-order chi connectivity index (χ1) is 17.7. The van der Waals surface area contributed by atoms with Crippen molar-refractivity contribution >= 4 is 30.3 Å². The van der Waals surface area contributed by atoms with Gasteiger partial charge in [-0.1, -0.05) is 6.07 Å². The van der Waals surface area contributed by atoms with E-state index >= 15 is 0 Å². The molecule has 212 valence electrons. The summed E-state index contributed by atoms with van der Waals surface area (Å²) < 4.78 is 35.2. The van der Waals surface area contributed by atoms with Crippen LogP contribution in [0.2, 0.25) is 0 Å². The minimum absolute atomic E-state index is 0.0336. The number of esters is 2. The Bertz CT molecular complexity index is 985. The second-order valence-corrected chi connectivity index (χ2v) is 8.80. The monoisotopic (exact) mass is 541 g/mol. The van der Waals surface area contributed by atoms with Gasteiger partial charge >= 0.3 is 30.3 Å². The zero-order chi connectivity index (χ0) is 28.9. The highest BCUT2D eigenvalue weighted by molar-refractivity contribution is 5.82. The van der Waals surface area contributed by atoms with Crippen molar-refractivity contribution < 1.29 is 57.1 Å². The molecule has 0 saturated carbocycles. The lowest BCUT2D eigenvalue weighted by atomic mass is 10.1. The molecule has 0 aliphatic carbocycles. The molecule has 1 amide bonds. The number of carbonyl (C=O) groups is 5. The molecule has 0 radical (unpaired) electrons. The van der Waals surface area contributed by atoms with E-state index < -0.39 is 48.1 Å². The lowest BCUT2D eigenvalue weighted by Gasteiger charge is -2.24. The maximum atomic E-state index is 12.9. The van der Waals surface area contributed by atoms with E-state index in [0.717, 1.165) is 0 Å². The molecule has 1 aromatic carbocycles. The average molecular weight is 542 g/mol. The van der Waals surface area contributed by atoms with E-state index in [1.807, 2.05) is 0 Å². The topological polar surface area (TPSA) is 162 Å². The van der Waals surface area contributed by atoms with Gasteiger partial charge in [-0.25, -0.2) is 19.2 Å². The number of rotatable bonds is 11. The lowest BCUT2D eigenvalue weighted by molar-refractivity contribution is -0.158. The molecular weight excluding hydrogens is 506 g/mol. The van der Waals surface area contributed by atoms with Gasteiger partial charge in [-0.3, -0.25) is 4.79 Å². The molecule has 1 N–H and O–H groups in total. The molecule has 1 aromatic rings. The number of benzene rings is 1. The molecule has 0 bridgehead atoms. The van der Waals surface area contributed by atoms with Gasteiger partial charge in [0.05, 0.1) is 13.2 Å². The Kier molecular flexibility index (Phi) is 12.9. The number of amides is 1. The maximum Gasteiger partial charge on any atom is 0.513 e. The van der Waals surface area contributed by atoms with Crippen LogP contribution >= 0.6 is 0 Å². The zero-order valence-corrected chi connectivity index (χ0v) is 22.6. The van der Waals surface area contributed by atoms with Crippen LogP contribution in [-0.2, 0) is 39.7 Å². The fourth-order valence-corrected chi connectivity index (χ4v) is 2.75. The fraction of sp³-hybridized carbons (Fsp3) is 0.560. The van der Waals surface area contributed by atoms with Crippen LogP contribution in [0.5, 0.6) is 11.5 Å². The largest absolute Gasteiger partial charge is 0.513 e. The van der Waals surface area contributed by atoms with Crippen LogP contribution in [0.25, 0.3) is 0 Å². The highest BCUT2D eigenvalue weighted by atomic mass is 16.7. The summed E-state index contributed by atoms with van der Waals surface area (Å²) in [5.41, 5.74) is -0.459. The van der Waals surface area contributed by atoms with Crippen LogP contribution in [-0.4, -0.2) is 67.9 Å². The van der Waals surface area contributed by atoms with E-state index in [-0.39, 0.29) is 37.7 Å². The Labute approximate surface area is 221 Å². The highest BCUT2D eigenvalue weighted by Gasteiger charge is 2.28. The number of nitrogens with one attached hydrogen (secondary N) is 1. The number of alkyl carbamates (subject to hydrolysis) is 1. The molecular formula is C25H35NO12. The number of carbonyl (C=O) groups excluding carboxylic acids is 5. The van der Waals surface area contributed by atoms with Gasteiger partial charge in [0.2, 0.25) is 0 Å². The summed E-state index contributed by atoms with van der Waals surface area (Å²) in [7, 11) is 0. The van der Waals surface area contributed by atoms with Gasteiger partial charge in [-0.2, -0.15) is 0 Å². The second kappa shape index (κ2) is 15.3. The summed E-state index contributed by atoms with van der Waals surface area (Å²) in [6, 6.07) is 2.87. The first-order valence-corrected chi connectivity index (χ1v) is 11.9. The molecule has 0 aliphatic rings. The molecule has 0 saturated heterocycles. The smallest absolute Gasteiger partial charge is 0.462 e. The number of hydrogen-bond donors (Lipinski definition) is 1. The minimum atomic E-state index is -1.25. The molecule has 0 aliphatic heterocycles. The number of ether oxygens (including phenoxy) is 7. The van der Waals surface area contributed by atoms with E-state index in [1.54, 1.807) is 34.6 Å². The third-order valence-electron chi connectivity index (χ3n) is 4.17. The van der Waals surface area contributed by atoms with Crippen LogP contribution in [0.15, 0.2) is 18.2 Å². The molecule has 13 nitrogen and oxygen atoms in total. The van der Waals surface area contributed by atoms with E-state index in [9.17, 15) is 24.0 Å². The van der Waals surface area contributed by atoms with Gasteiger partial charge in [-0.05, 0) is 59.2 Å². The third kappa shape index (κ3) is 12.8. The normalized spacial score (nSPS) is 12.3. The van der Waals surface area contributed by atoms with Crippen molar-refractivity contribution in [1.82, 2.24) is 5.32 Å². The van der Waals surface area contributed by atoms with Crippen molar-refractivity contribution in [2.75, 3.05) is 19.8 Å². The quantitative estimate of drug-likeness (QED) is 0.246. The maximum absolute atomic E-state index is 12.9. The van der Waals surface area contributed by atoms with Gasteiger partial charge in [-0.15, -0.1) is 0 Å². The minimum Gasteiger partial charge on any atom is -0.462 e. The van der Waals surface area contributed by atoms with Crippen LogP contribution < -0.4 is 14.8 Å². The van der Waals surface area contributed by atoms with E-state index in [0.29, 0.717) is 5.56 Å². The van der Waals surface area contributed by atoms with Crippen molar-refractivity contribution in [3.05, 3.63) is 23.8 Å². The Balaban J connectivity index is 3.22. The van der Waals surface area contributed by atoms with Gasteiger partial charge < -0.3 is 38.5 Å². The lowest BCUT2D eigenvalue weighted by Crippen LogP contribution is -2.46. The average Bonchev–Trinajstić information content (AvgIpc) is 2.78. The Morgan fingerprint density at radius 2 is 1.47 bits per heavy atom. The third-order valence-corrected chi connectivity index (χ3v) is 4.17. The predicted octanol–water partition coefficient (Wildman–Crippen LogP) is 3.69. The van der Waals surface area contributed by atoms with Crippen LogP contribution in [0, 0.1) is 0 Å². The first kappa shape index (κ1) is 32.0. The molecule has 0 aromatic heterocycles. The van der Waals surface area contributed by atoms with Crippen LogP contribution in [0.4, 0.5) is 14.4 Å². The van der Waals surface area contributed by atoms with Crippen LogP contribution in [0.1, 0.15) is 54.0 Å². The Morgan fingerprint density at radius 3 is 2.00 bits per heavy atom. The van der Waals surface area contributed by atoms with Crippen molar-refractivity contribution in [3.8, 4) is 11.5 Å². The summed E-state index contributed by atoms with van der Waals surface area (Å²) in [6.07, 6.45) is -3.91. The van der Waals surface area contributed by atoms with Crippen molar-refractivity contribution in [1.29, 1.82) is 0 Å². The van der Waals surface area contributed by atoms with Crippen LogP contribution in [0.3, 0.4) is 0 Å². The van der Waals surface area contributed by atoms with E-state index in [1.165, 1.54) is 32.0 Å². The summed E-state index contributed by atoms with van der Waals surface area (Å²) >= 11 is 0. The molecule has 0 fully saturated rings. The summed E-state index contributed by atoms with van der Waals surface area (Å²) in [6.45, 7) is 10.8.